The van der Waals surface area contributed by atoms with Gasteiger partial charge in [0.1, 0.15) is 0 Å². The molecule has 2 rings (SSSR count). The van der Waals surface area contributed by atoms with Crippen LogP contribution in [0, 0.1) is 5.41 Å². The number of hydrogen-bond donors (Lipinski definition) is 0. The van der Waals surface area contributed by atoms with E-state index in [1.807, 2.05) is 17.5 Å². The number of rotatable bonds is 7. The number of ketones is 1. The van der Waals surface area contributed by atoms with Gasteiger partial charge in [-0.25, -0.2) is 0 Å². The molecule has 0 amide bonds. The second-order valence-corrected chi connectivity index (χ2v) is 7.00. The highest BCUT2D eigenvalue weighted by Gasteiger charge is 2.30. The fourth-order valence-electron chi connectivity index (χ4n) is 3.23. The second kappa shape index (κ2) is 7.37. The van der Waals surface area contributed by atoms with Crippen molar-refractivity contribution in [3.8, 4) is 0 Å². The van der Waals surface area contributed by atoms with Gasteiger partial charge < -0.3 is 4.90 Å². The fraction of sp³-hybridized carbons (Fsp3) is 0.706. The minimum Gasteiger partial charge on any atom is -0.303 e. The minimum atomic E-state index is 0.313. The van der Waals surface area contributed by atoms with E-state index in [0.29, 0.717) is 17.6 Å². The zero-order chi connectivity index (χ0) is 14.4. The van der Waals surface area contributed by atoms with Crippen molar-refractivity contribution in [1.29, 1.82) is 0 Å². The molecule has 112 valence electrons. The predicted octanol–water partition coefficient (Wildman–Crippen LogP) is 4.61. The van der Waals surface area contributed by atoms with Gasteiger partial charge in [0, 0.05) is 6.42 Å². The Morgan fingerprint density at radius 3 is 2.55 bits per heavy atom. The monoisotopic (exact) mass is 293 g/mol. The first-order chi connectivity index (χ1) is 9.69. The summed E-state index contributed by atoms with van der Waals surface area (Å²) in [6, 6.07) is 3.89. The van der Waals surface area contributed by atoms with Crippen molar-refractivity contribution in [3.05, 3.63) is 22.4 Å². The Labute approximate surface area is 127 Å². The summed E-state index contributed by atoms with van der Waals surface area (Å²) >= 11 is 1.56. The van der Waals surface area contributed by atoms with E-state index in [4.69, 9.17) is 0 Å². The summed E-state index contributed by atoms with van der Waals surface area (Å²) in [6.45, 7) is 8.18. The Morgan fingerprint density at radius 2 is 2.00 bits per heavy atom. The number of piperidine rings is 1. The van der Waals surface area contributed by atoms with E-state index in [2.05, 4.69) is 18.7 Å². The Hall–Kier alpha value is -0.670. The molecule has 3 heteroatoms. The molecule has 0 atom stereocenters. The summed E-state index contributed by atoms with van der Waals surface area (Å²) in [4.78, 5) is 15.4. The molecule has 0 N–H and O–H groups in total. The Balaban J connectivity index is 1.68. The number of nitrogens with zero attached hydrogens (tertiary/aromatic N) is 1. The minimum absolute atomic E-state index is 0.313. The highest BCUT2D eigenvalue weighted by molar-refractivity contribution is 7.12. The van der Waals surface area contributed by atoms with Gasteiger partial charge in [0.25, 0.3) is 0 Å². The zero-order valence-corrected chi connectivity index (χ0v) is 13.7. The maximum absolute atomic E-state index is 11.9. The molecule has 0 bridgehead atoms. The smallest absolute Gasteiger partial charge is 0.172 e. The summed E-state index contributed by atoms with van der Waals surface area (Å²) in [5.41, 5.74) is 0.600. The largest absolute Gasteiger partial charge is 0.303 e. The van der Waals surface area contributed by atoms with E-state index in [-0.39, 0.29) is 0 Å². The molecule has 0 aromatic carbocycles. The van der Waals surface area contributed by atoms with Gasteiger partial charge >= 0.3 is 0 Å². The molecule has 0 aliphatic carbocycles. The average Bonchev–Trinajstić information content (AvgIpc) is 3.02. The van der Waals surface area contributed by atoms with E-state index < -0.39 is 0 Å². The van der Waals surface area contributed by atoms with Gasteiger partial charge in [-0.3, -0.25) is 4.79 Å². The number of carbonyl (C=O) groups excluding carboxylic acids is 1. The molecule has 1 saturated heterocycles. The van der Waals surface area contributed by atoms with Gasteiger partial charge in [0.05, 0.1) is 4.88 Å². The summed E-state index contributed by atoms with van der Waals surface area (Å²) in [6.07, 6.45) is 6.99. The van der Waals surface area contributed by atoms with Crippen molar-refractivity contribution in [2.24, 2.45) is 5.41 Å². The lowest BCUT2D eigenvalue weighted by Crippen LogP contribution is -2.40. The summed E-state index contributed by atoms with van der Waals surface area (Å²) in [7, 11) is 0. The van der Waals surface area contributed by atoms with Crippen LogP contribution in [0.3, 0.4) is 0 Å². The topological polar surface area (TPSA) is 20.3 Å². The predicted molar refractivity (Wildman–Crippen MR) is 86.6 cm³/mol. The number of likely N-dealkylation sites (tertiary alicyclic amines) is 1. The van der Waals surface area contributed by atoms with Crippen molar-refractivity contribution < 1.29 is 4.79 Å². The van der Waals surface area contributed by atoms with Crippen LogP contribution in [0.1, 0.15) is 62.0 Å². The van der Waals surface area contributed by atoms with Crippen molar-refractivity contribution in [2.75, 3.05) is 19.6 Å². The summed E-state index contributed by atoms with van der Waals surface area (Å²) in [5, 5.41) is 1.98. The molecule has 1 aliphatic rings. The average molecular weight is 293 g/mol. The summed E-state index contributed by atoms with van der Waals surface area (Å²) in [5.74, 6) is 0.313. The molecule has 20 heavy (non-hydrogen) atoms. The third-order valence-corrected chi connectivity index (χ3v) is 6.00. The van der Waals surface area contributed by atoms with Crippen LogP contribution in [-0.2, 0) is 0 Å². The lowest BCUT2D eigenvalue weighted by atomic mass is 9.74. The molecule has 0 unspecified atom stereocenters. The molecular formula is C17H27NOS. The number of hydrogen-bond acceptors (Lipinski definition) is 3. The maximum Gasteiger partial charge on any atom is 0.172 e. The van der Waals surface area contributed by atoms with Gasteiger partial charge in [0.2, 0.25) is 0 Å². The third kappa shape index (κ3) is 3.92. The van der Waals surface area contributed by atoms with Crippen LogP contribution in [0.2, 0.25) is 0 Å². The first-order valence-electron chi connectivity index (χ1n) is 7.98. The van der Waals surface area contributed by atoms with E-state index in [0.717, 1.165) is 17.8 Å². The normalized spacial score (nSPS) is 19.1. The third-order valence-electron chi connectivity index (χ3n) is 5.09. The second-order valence-electron chi connectivity index (χ2n) is 6.05. The van der Waals surface area contributed by atoms with Gasteiger partial charge in [-0.1, -0.05) is 32.8 Å². The summed E-state index contributed by atoms with van der Waals surface area (Å²) < 4.78 is 0. The van der Waals surface area contributed by atoms with Crippen LogP contribution in [0.4, 0.5) is 0 Å². The number of carbonyl (C=O) groups is 1. The molecule has 1 aliphatic heterocycles. The Bertz CT molecular complexity index is 399. The van der Waals surface area contributed by atoms with Gasteiger partial charge in [-0.2, -0.15) is 0 Å². The van der Waals surface area contributed by atoms with Crippen molar-refractivity contribution in [2.45, 2.75) is 52.4 Å². The van der Waals surface area contributed by atoms with Crippen LogP contribution in [-0.4, -0.2) is 30.3 Å². The van der Waals surface area contributed by atoms with E-state index >= 15 is 0 Å². The fourth-order valence-corrected chi connectivity index (χ4v) is 3.93. The first kappa shape index (κ1) is 15.7. The molecule has 0 saturated carbocycles. The van der Waals surface area contributed by atoms with Crippen LogP contribution in [0.25, 0.3) is 0 Å². The first-order valence-corrected chi connectivity index (χ1v) is 8.86. The van der Waals surface area contributed by atoms with Crippen LogP contribution < -0.4 is 0 Å². The van der Waals surface area contributed by atoms with Crippen LogP contribution in [0.5, 0.6) is 0 Å². The molecule has 2 heterocycles. The molecule has 2 nitrogen and oxygen atoms in total. The Kier molecular flexibility index (Phi) is 5.79. The molecule has 1 aromatic rings. The number of thiophene rings is 1. The molecular weight excluding hydrogens is 266 g/mol. The van der Waals surface area contributed by atoms with Crippen LogP contribution in [0.15, 0.2) is 17.5 Å². The van der Waals surface area contributed by atoms with Gasteiger partial charge in [0.15, 0.2) is 5.78 Å². The molecule has 1 aromatic heterocycles. The van der Waals surface area contributed by atoms with Crippen molar-refractivity contribution in [3.63, 3.8) is 0 Å². The SMILES string of the molecule is CCC1(CC)CCN(CCCC(=O)c2cccs2)CC1. The molecule has 0 spiro atoms. The zero-order valence-electron chi connectivity index (χ0n) is 12.9. The lowest BCUT2D eigenvalue weighted by Gasteiger charge is -2.41. The quantitative estimate of drug-likeness (QED) is 0.684. The van der Waals surface area contributed by atoms with Crippen molar-refractivity contribution in [1.82, 2.24) is 4.90 Å². The maximum atomic E-state index is 11.9. The van der Waals surface area contributed by atoms with Crippen LogP contribution >= 0.6 is 11.3 Å². The van der Waals surface area contributed by atoms with Gasteiger partial charge in [-0.15, -0.1) is 11.3 Å². The van der Waals surface area contributed by atoms with E-state index in [1.165, 1.54) is 38.8 Å². The Morgan fingerprint density at radius 1 is 1.30 bits per heavy atom. The lowest BCUT2D eigenvalue weighted by molar-refractivity contribution is 0.0891. The number of Topliss-reactive ketones (excluding diaryl/α,β-unsaturated/α-hetero) is 1. The highest BCUT2D eigenvalue weighted by Crippen LogP contribution is 2.37. The molecule has 1 fully saturated rings. The highest BCUT2D eigenvalue weighted by atomic mass is 32.1. The van der Waals surface area contributed by atoms with Gasteiger partial charge in [-0.05, 0) is 55.8 Å². The van der Waals surface area contributed by atoms with Crippen molar-refractivity contribution >= 4 is 17.1 Å². The van der Waals surface area contributed by atoms with E-state index in [1.54, 1.807) is 11.3 Å². The standard InChI is InChI=1S/C17H27NOS/c1-3-17(4-2)9-12-18(13-10-17)11-5-7-15(19)16-8-6-14-20-16/h6,8,14H,3-5,7,9-13H2,1-2H3. The van der Waals surface area contributed by atoms with E-state index in [9.17, 15) is 4.79 Å². The molecule has 0 radical (unpaired) electrons.